The molecular formula is C29H25BrF2N2O4. The van der Waals surface area contributed by atoms with Gasteiger partial charge in [0.15, 0.2) is 0 Å². The monoisotopic (exact) mass is 582 g/mol. The van der Waals surface area contributed by atoms with Crippen molar-refractivity contribution < 1.29 is 28.2 Å². The van der Waals surface area contributed by atoms with Crippen molar-refractivity contribution in [1.82, 2.24) is 10.3 Å². The largest absolute Gasteiger partial charge is 0.481 e. The third-order valence-electron chi connectivity index (χ3n) is 6.26. The molecular weight excluding hydrogens is 558 g/mol. The molecule has 196 valence electrons. The number of amides is 1. The van der Waals surface area contributed by atoms with Gasteiger partial charge < -0.3 is 15.2 Å². The molecule has 0 saturated carbocycles. The molecule has 0 fully saturated rings. The fourth-order valence-corrected chi connectivity index (χ4v) is 4.85. The van der Waals surface area contributed by atoms with E-state index in [1.165, 1.54) is 6.07 Å². The van der Waals surface area contributed by atoms with Crippen LogP contribution >= 0.6 is 15.9 Å². The molecule has 3 aromatic carbocycles. The number of fused-ring (bicyclic) bond motifs is 1. The molecule has 1 aromatic heterocycles. The van der Waals surface area contributed by atoms with Gasteiger partial charge in [-0.25, -0.2) is 4.98 Å². The van der Waals surface area contributed by atoms with E-state index >= 15 is 0 Å². The van der Waals surface area contributed by atoms with Crippen LogP contribution in [0, 0.1) is 6.92 Å². The summed E-state index contributed by atoms with van der Waals surface area (Å²) < 4.78 is 31.5. The Labute approximate surface area is 226 Å². The number of aromatic nitrogens is 1. The number of rotatable bonds is 10. The fraction of sp³-hybridized carbons (Fsp3) is 0.207. The van der Waals surface area contributed by atoms with E-state index in [1.807, 2.05) is 55.5 Å². The van der Waals surface area contributed by atoms with Crippen LogP contribution in [0.15, 0.2) is 77.3 Å². The summed E-state index contributed by atoms with van der Waals surface area (Å²) in [6.45, 7) is -1.18. The molecule has 4 rings (SSSR count). The standard InChI is InChI=1S/C29H25BrF2N2O4/c1-17-26(22-15-20(30)12-13-23(22)34-27(17)18-7-3-2-4-8-18)28(37)33-16-19(11-14-25(35)36)21-9-5-6-10-24(21)38-29(31)32/h2-10,12-13,15,19,29H,11,14,16H2,1H3,(H,33,37)(H,35,36)/t19-/m1/s1. The van der Waals surface area contributed by atoms with E-state index in [1.54, 1.807) is 18.2 Å². The van der Waals surface area contributed by atoms with Gasteiger partial charge in [0.2, 0.25) is 0 Å². The zero-order chi connectivity index (χ0) is 27.2. The van der Waals surface area contributed by atoms with Gasteiger partial charge in [-0.15, -0.1) is 0 Å². The molecule has 38 heavy (non-hydrogen) atoms. The summed E-state index contributed by atoms with van der Waals surface area (Å²) in [4.78, 5) is 29.8. The van der Waals surface area contributed by atoms with E-state index in [-0.39, 0.29) is 31.0 Å². The number of halogens is 3. The van der Waals surface area contributed by atoms with Crippen LogP contribution in [0.4, 0.5) is 8.78 Å². The highest BCUT2D eigenvalue weighted by atomic mass is 79.9. The number of benzene rings is 3. The van der Waals surface area contributed by atoms with Crippen molar-refractivity contribution in [2.45, 2.75) is 32.3 Å². The summed E-state index contributed by atoms with van der Waals surface area (Å²) in [5, 5.41) is 12.8. The normalized spacial score (nSPS) is 11.9. The lowest BCUT2D eigenvalue weighted by molar-refractivity contribution is -0.137. The van der Waals surface area contributed by atoms with Crippen LogP contribution in [0.3, 0.4) is 0 Å². The number of nitrogens with zero attached hydrogens (tertiary/aromatic N) is 1. The predicted octanol–water partition coefficient (Wildman–Crippen LogP) is 6.95. The quantitative estimate of drug-likeness (QED) is 0.211. The molecule has 1 amide bonds. The van der Waals surface area contributed by atoms with Crippen molar-refractivity contribution in [2.75, 3.05) is 6.54 Å². The van der Waals surface area contributed by atoms with Crippen LogP contribution in [0.25, 0.3) is 22.2 Å². The van der Waals surface area contributed by atoms with Crippen LogP contribution < -0.4 is 10.1 Å². The minimum atomic E-state index is -3.04. The van der Waals surface area contributed by atoms with Gasteiger partial charge in [-0.3, -0.25) is 9.59 Å². The number of pyridine rings is 1. The van der Waals surface area contributed by atoms with Crippen LogP contribution in [-0.2, 0) is 4.79 Å². The van der Waals surface area contributed by atoms with Crippen LogP contribution in [0.1, 0.15) is 40.2 Å². The Morgan fingerprint density at radius 3 is 2.47 bits per heavy atom. The maximum atomic E-state index is 13.7. The number of carboxylic acids is 1. The minimum absolute atomic E-state index is 0.0215. The fourth-order valence-electron chi connectivity index (χ4n) is 4.49. The van der Waals surface area contributed by atoms with Gasteiger partial charge >= 0.3 is 12.6 Å². The average molecular weight is 583 g/mol. The zero-order valence-corrected chi connectivity index (χ0v) is 22.0. The van der Waals surface area contributed by atoms with E-state index in [0.717, 1.165) is 10.0 Å². The molecule has 0 aliphatic heterocycles. The minimum Gasteiger partial charge on any atom is -0.481 e. The number of hydrogen-bond donors (Lipinski definition) is 2. The summed E-state index contributed by atoms with van der Waals surface area (Å²) in [7, 11) is 0. The average Bonchev–Trinajstić information content (AvgIpc) is 2.89. The first-order valence-electron chi connectivity index (χ1n) is 11.9. The van der Waals surface area contributed by atoms with Gasteiger partial charge in [0.05, 0.1) is 16.8 Å². The Hall–Kier alpha value is -3.85. The molecule has 0 bridgehead atoms. The Morgan fingerprint density at radius 2 is 1.76 bits per heavy atom. The molecule has 6 nitrogen and oxygen atoms in total. The molecule has 0 aliphatic carbocycles. The summed E-state index contributed by atoms with van der Waals surface area (Å²) in [5.41, 5.74) is 3.69. The van der Waals surface area contributed by atoms with Gasteiger partial charge in [0.25, 0.3) is 5.91 Å². The Kier molecular flexibility index (Phi) is 8.68. The molecule has 0 radical (unpaired) electrons. The highest BCUT2D eigenvalue weighted by Crippen LogP contribution is 2.33. The second-order valence-corrected chi connectivity index (χ2v) is 9.66. The Bertz CT molecular complexity index is 1460. The lowest BCUT2D eigenvalue weighted by Gasteiger charge is -2.21. The van der Waals surface area contributed by atoms with E-state index in [0.29, 0.717) is 33.3 Å². The van der Waals surface area contributed by atoms with Gasteiger partial charge in [0.1, 0.15) is 5.75 Å². The topological polar surface area (TPSA) is 88.5 Å². The first kappa shape index (κ1) is 27.2. The summed E-state index contributed by atoms with van der Waals surface area (Å²) >= 11 is 3.47. The molecule has 1 atom stereocenters. The van der Waals surface area contributed by atoms with Crippen LogP contribution in [0.5, 0.6) is 5.75 Å². The number of hydrogen-bond acceptors (Lipinski definition) is 4. The van der Waals surface area contributed by atoms with Crippen molar-refractivity contribution in [3.05, 3.63) is 94.0 Å². The van der Waals surface area contributed by atoms with Gasteiger partial charge in [-0.2, -0.15) is 8.78 Å². The van der Waals surface area contributed by atoms with Crippen molar-refractivity contribution in [2.24, 2.45) is 0 Å². The lowest BCUT2D eigenvalue weighted by atomic mass is 9.92. The number of para-hydroxylation sites is 1. The van der Waals surface area contributed by atoms with Crippen molar-refractivity contribution in [3.8, 4) is 17.0 Å². The lowest BCUT2D eigenvalue weighted by Crippen LogP contribution is -2.30. The maximum absolute atomic E-state index is 13.7. The molecule has 1 heterocycles. The van der Waals surface area contributed by atoms with Crippen molar-refractivity contribution >= 4 is 38.7 Å². The highest BCUT2D eigenvalue weighted by Gasteiger charge is 2.23. The number of alkyl halides is 2. The number of carbonyl (C=O) groups excluding carboxylic acids is 1. The smallest absolute Gasteiger partial charge is 0.387 e. The van der Waals surface area contributed by atoms with Crippen LogP contribution in [-0.4, -0.2) is 35.1 Å². The first-order valence-corrected chi connectivity index (χ1v) is 12.7. The molecule has 0 saturated heterocycles. The van der Waals surface area contributed by atoms with Gasteiger partial charge in [-0.05, 0) is 48.7 Å². The van der Waals surface area contributed by atoms with Crippen molar-refractivity contribution in [3.63, 3.8) is 0 Å². The van der Waals surface area contributed by atoms with Crippen molar-refractivity contribution in [1.29, 1.82) is 0 Å². The number of aliphatic carboxylic acids is 1. The second-order valence-electron chi connectivity index (χ2n) is 8.74. The number of carbonyl (C=O) groups is 2. The Morgan fingerprint density at radius 1 is 1.05 bits per heavy atom. The van der Waals surface area contributed by atoms with Gasteiger partial charge in [0, 0.05) is 34.3 Å². The number of ether oxygens (including phenoxy) is 1. The highest BCUT2D eigenvalue weighted by molar-refractivity contribution is 9.10. The summed E-state index contributed by atoms with van der Waals surface area (Å²) in [6, 6.07) is 21.3. The zero-order valence-electron chi connectivity index (χ0n) is 20.5. The van der Waals surface area contributed by atoms with E-state index in [9.17, 15) is 23.5 Å². The molecule has 0 unspecified atom stereocenters. The molecule has 4 aromatic rings. The molecule has 0 spiro atoms. The third kappa shape index (κ3) is 6.34. The summed E-state index contributed by atoms with van der Waals surface area (Å²) in [6.07, 6.45) is -0.0814. The molecule has 0 aliphatic rings. The number of carboxylic acid groups (broad SMARTS) is 1. The van der Waals surface area contributed by atoms with E-state index < -0.39 is 18.5 Å². The maximum Gasteiger partial charge on any atom is 0.387 e. The SMILES string of the molecule is Cc1c(-c2ccccc2)nc2ccc(Br)cc2c1C(=O)NC[C@@H](CCC(=O)O)c1ccccc1OC(F)F. The number of nitrogens with one attached hydrogen (secondary N) is 1. The van der Waals surface area contributed by atoms with E-state index in [4.69, 9.17) is 4.98 Å². The molecule has 2 N–H and O–H groups in total. The predicted molar refractivity (Wildman–Crippen MR) is 145 cm³/mol. The third-order valence-corrected chi connectivity index (χ3v) is 6.75. The first-order chi connectivity index (χ1) is 18.2. The van der Waals surface area contributed by atoms with Crippen LogP contribution in [0.2, 0.25) is 0 Å². The van der Waals surface area contributed by atoms with Gasteiger partial charge in [-0.1, -0.05) is 64.5 Å². The second kappa shape index (κ2) is 12.1. The van der Waals surface area contributed by atoms with E-state index in [2.05, 4.69) is 26.0 Å². The Balaban J connectivity index is 1.71. The molecule has 9 heteroatoms. The summed E-state index contributed by atoms with van der Waals surface area (Å²) in [5.74, 6) is -2.02.